The number of hydrogen-bond donors (Lipinski definition) is 2. The molecule has 0 fully saturated rings. The largest absolute Gasteiger partial charge is 0.480 e. The molecule has 76 valence electrons. The molecule has 0 saturated heterocycles. The molecule has 0 radical (unpaired) electrons. The molecule has 7 nitrogen and oxygen atoms in total. The molecule has 0 aliphatic carbocycles. The number of carboxylic acid groups (broad SMARTS) is 1. The van der Waals surface area contributed by atoms with Gasteiger partial charge in [0.15, 0.2) is 5.69 Å². The zero-order valence-electron chi connectivity index (χ0n) is 7.43. The van der Waals surface area contributed by atoms with Crippen LogP contribution in [0.2, 0.25) is 0 Å². The summed E-state index contributed by atoms with van der Waals surface area (Å²) < 4.78 is 5.45. The highest BCUT2D eigenvalue weighted by atomic mass is 16.5. The van der Waals surface area contributed by atoms with Crippen molar-refractivity contribution in [2.45, 2.75) is 6.54 Å². The number of anilines is 1. The SMILES string of the molecule is COC(=O)c1nn(CC(=O)O)cc1N. The number of esters is 1. The van der Waals surface area contributed by atoms with Crippen LogP contribution < -0.4 is 5.73 Å². The number of hydrogen-bond acceptors (Lipinski definition) is 5. The van der Waals surface area contributed by atoms with Gasteiger partial charge in [0.25, 0.3) is 0 Å². The van der Waals surface area contributed by atoms with E-state index in [-0.39, 0.29) is 17.9 Å². The van der Waals surface area contributed by atoms with E-state index in [9.17, 15) is 9.59 Å². The fraction of sp³-hybridized carbons (Fsp3) is 0.286. The van der Waals surface area contributed by atoms with Crippen LogP contribution in [0.1, 0.15) is 10.5 Å². The molecule has 14 heavy (non-hydrogen) atoms. The summed E-state index contributed by atoms with van der Waals surface area (Å²) in [5, 5.41) is 12.1. The summed E-state index contributed by atoms with van der Waals surface area (Å²) in [4.78, 5) is 21.3. The molecule has 0 aliphatic heterocycles. The van der Waals surface area contributed by atoms with E-state index in [1.165, 1.54) is 13.3 Å². The molecular weight excluding hydrogens is 190 g/mol. The number of carbonyl (C=O) groups excluding carboxylic acids is 1. The smallest absolute Gasteiger partial charge is 0.360 e. The van der Waals surface area contributed by atoms with Gasteiger partial charge in [-0.2, -0.15) is 5.10 Å². The third-order valence-corrected chi connectivity index (χ3v) is 1.47. The Bertz CT molecular complexity index is 371. The summed E-state index contributed by atoms with van der Waals surface area (Å²) in [6.07, 6.45) is 1.26. The number of carbonyl (C=O) groups is 2. The van der Waals surface area contributed by atoms with Crippen LogP contribution >= 0.6 is 0 Å². The Hall–Kier alpha value is -2.05. The van der Waals surface area contributed by atoms with Crippen LogP contribution in [0.3, 0.4) is 0 Å². The van der Waals surface area contributed by atoms with Gasteiger partial charge >= 0.3 is 11.9 Å². The second-order valence-electron chi connectivity index (χ2n) is 2.52. The number of ether oxygens (including phenoxy) is 1. The molecule has 1 heterocycles. The van der Waals surface area contributed by atoms with Crippen LogP contribution in [0, 0.1) is 0 Å². The lowest BCUT2D eigenvalue weighted by Gasteiger charge is -1.94. The highest BCUT2D eigenvalue weighted by molar-refractivity contribution is 5.92. The van der Waals surface area contributed by atoms with Crippen LogP contribution in [0.15, 0.2) is 6.20 Å². The average Bonchev–Trinajstić information content (AvgIpc) is 2.44. The van der Waals surface area contributed by atoms with Crippen molar-refractivity contribution < 1.29 is 19.4 Å². The second kappa shape index (κ2) is 3.77. The molecule has 0 unspecified atom stereocenters. The third kappa shape index (κ3) is 2.00. The van der Waals surface area contributed by atoms with E-state index in [1.54, 1.807) is 0 Å². The van der Waals surface area contributed by atoms with Crippen molar-refractivity contribution in [3.05, 3.63) is 11.9 Å². The van der Waals surface area contributed by atoms with Crippen molar-refractivity contribution in [2.75, 3.05) is 12.8 Å². The van der Waals surface area contributed by atoms with E-state index in [0.29, 0.717) is 0 Å². The molecule has 0 bridgehead atoms. The van der Waals surface area contributed by atoms with Gasteiger partial charge in [0, 0.05) is 6.20 Å². The first kappa shape index (κ1) is 10.0. The molecule has 1 aromatic heterocycles. The summed E-state index contributed by atoms with van der Waals surface area (Å²) in [5.41, 5.74) is 5.44. The molecule has 1 rings (SSSR count). The fourth-order valence-electron chi connectivity index (χ4n) is 0.912. The predicted molar refractivity (Wildman–Crippen MR) is 45.6 cm³/mol. The van der Waals surface area contributed by atoms with E-state index in [0.717, 1.165) is 4.68 Å². The third-order valence-electron chi connectivity index (χ3n) is 1.47. The van der Waals surface area contributed by atoms with E-state index in [4.69, 9.17) is 10.8 Å². The molecular formula is C7H9N3O4. The lowest BCUT2D eigenvalue weighted by Crippen LogP contribution is -2.11. The molecule has 0 amide bonds. The zero-order chi connectivity index (χ0) is 10.7. The quantitative estimate of drug-likeness (QED) is 0.625. The molecule has 3 N–H and O–H groups in total. The van der Waals surface area contributed by atoms with Crippen molar-refractivity contribution in [1.29, 1.82) is 0 Å². The van der Waals surface area contributed by atoms with Crippen LogP contribution in [-0.2, 0) is 16.1 Å². The minimum absolute atomic E-state index is 0.0752. The lowest BCUT2D eigenvalue weighted by molar-refractivity contribution is -0.137. The maximum absolute atomic E-state index is 11.0. The van der Waals surface area contributed by atoms with Crippen molar-refractivity contribution in [3.8, 4) is 0 Å². The Labute approximate surface area is 79.1 Å². The predicted octanol–water partition coefficient (Wildman–Crippen LogP) is -0.664. The topological polar surface area (TPSA) is 107 Å². The molecule has 0 atom stereocenters. The first-order chi connectivity index (χ1) is 6.54. The Morgan fingerprint density at radius 3 is 2.86 bits per heavy atom. The first-order valence-corrected chi connectivity index (χ1v) is 3.67. The number of nitrogens with two attached hydrogens (primary N) is 1. The number of nitrogen functional groups attached to an aromatic ring is 1. The fourth-order valence-corrected chi connectivity index (χ4v) is 0.912. The summed E-state index contributed by atoms with van der Waals surface area (Å²) in [6.45, 7) is -0.346. The second-order valence-corrected chi connectivity index (χ2v) is 2.52. The van der Waals surface area contributed by atoms with Crippen molar-refractivity contribution in [3.63, 3.8) is 0 Å². The summed E-state index contributed by atoms with van der Waals surface area (Å²) in [6, 6.07) is 0. The van der Waals surface area contributed by atoms with E-state index in [1.807, 2.05) is 0 Å². The zero-order valence-corrected chi connectivity index (χ0v) is 7.43. The van der Waals surface area contributed by atoms with Gasteiger partial charge in [0.1, 0.15) is 6.54 Å². The van der Waals surface area contributed by atoms with Crippen LogP contribution in [0.5, 0.6) is 0 Å². The normalized spacial score (nSPS) is 9.79. The average molecular weight is 199 g/mol. The van der Waals surface area contributed by atoms with Crippen LogP contribution in [0.25, 0.3) is 0 Å². The monoisotopic (exact) mass is 199 g/mol. The first-order valence-electron chi connectivity index (χ1n) is 3.67. The number of aromatic nitrogens is 2. The number of methoxy groups -OCH3 is 1. The van der Waals surface area contributed by atoms with Gasteiger partial charge in [0.2, 0.25) is 0 Å². The Morgan fingerprint density at radius 1 is 1.71 bits per heavy atom. The highest BCUT2D eigenvalue weighted by Crippen LogP contribution is 2.09. The van der Waals surface area contributed by atoms with Crippen molar-refractivity contribution in [1.82, 2.24) is 9.78 Å². The van der Waals surface area contributed by atoms with Crippen molar-refractivity contribution in [2.24, 2.45) is 0 Å². The number of aliphatic carboxylic acids is 1. The van der Waals surface area contributed by atoms with Crippen molar-refractivity contribution >= 4 is 17.6 Å². The Kier molecular flexibility index (Phi) is 2.70. The summed E-state index contributed by atoms with van der Waals surface area (Å²) in [7, 11) is 1.19. The molecule has 0 spiro atoms. The van der Waals surface area contributed by atoms with Gasteiger partial charge in [-0.3, -0.25) is 9.48 Å². The van der Waals surface area contributed by atoms with E-state index in [2.05, 4.69) is 9.84 Å². The Balaban J connectivity index is 2.93. The van der Waals surface area contributed by atoms with Gasteiger partial charge in [-0.05, 0) is 0 Å². The molecule has 1 aromatic rings. The summed E-state index contributed by atoms with van der Waals surface area (Å²) in [5.74, 6) is -1.75. The van der Waals surface area contributed by atoms with Crippen LogP contribution in [0.4, 0.5) is 5.69 Å². The molecule has 0 aromatic carbocycles. The maximum atomic E-state index is 11.0. The van der Waals surface area contributed by atoms with Crippen LogP contribution in [-0.4, -0.2) is 33.9 Å². The van der Waals surface area contributed by atoms with E-state index >= 15 is 0 Å². The van der Waals surface area contributed by atoms with Gasteiger partial charge < -0.3 is 15.6 Å². The van der Waals surface area contributed by atoms with Gasteiger partial charge in [-0.25, -0.2) is 4.79 Å². The molecule has 0 saturated carbocycles. The van der Waals surface area contributed by atoms with Gasteiger partial charge in [-0.15, -0.1) is 0 Å². The van der Waals surface area contributed by atoms with E-state index < -0.39 is 11.9 Å². The standard InChI is InChI=1S/C7H9N3O4/c1-14-7(13)6-4(8)2-10(9-6)3-5(11)12/h2H,3,8H2,1H3,(H,11,12). The minimum Gasteiger partial charge on any atom is -0.480 e. The molecule has 0 aliphatic rings. The Morgan fingerprint density at radius 2 is 2.36 bits per heavy atom. The number of nitrogens with zero attached hydrogens (tertiary/aromatic N) is 2. The molecule has 7 heteroatoms. The van der Waals surface area contributed by atoms with Gasteiger partial charge in [0.05, 0.1) is 12.8 Å². The lowest BCUT2D eigenvalue weighted by atomic mass is 10.4. The van der Waals surface area contributed by atoms with Gasteiger partial charge in [-0.1, -0.05) is 0 Å². The summed E-state index contributed by atoms with van der Waals surface area (Å²) >= 11 is 0. The number of rotatable bonds is 3. The highest BCUT2D eigenvalue weighted by Gasteiger charge is 2.15. The number of carboxylic acids is 1. The maximum Gasteiger partial charge on any atom is 0.360 e. The minimum atomic E-state index is -1.07.